The van der Waals surface area contributed by atoms with Crippen LogP contribution in [0.15, 0.2) is 25.3 Å². The molecule has 2 rings (SSSR count). The van der Waals surface area contributed by atoms with Crippen molar-refractivity contribution in [2.24, 2.45) is 11.3 Å². The standard InChI is InChI=1S/C16H22O5/c1-3-14(17)20-8-7-19-11-16-6-5-12(9-16)13(10-16)21-15(18)4-2/h3-4,12-13H,1-2,5-11H2. The Hall–Kier alpha value is -1.62. The third-order valence-corrected chi connectivity index (χ3v) is 4.38. The van der Waals surface area contributed by atoms with E-state index in [0.29, 0.717) is 19.1 Å². The van der Waals surface area contributed by atoms with Gasteiger partial charge in [0, 0.05) is 12.2 Å². The van der Waals surface area contributed by atoms with Crippen LogP contribution in [-0.2, 0) is 23.8 Å². The van der Waals surface area contributed by atoms with E-state index in [1.165, 1.54) is 6.08 Å². The number of carbonyl (C=O) groups is 2. The zero-order valence-electron chi connectivity index (χ0n) is 12.2. The molecule has 0 aromatic rings. The number of carbonyl (C=O) groups excluding carboxylic acids is 2. The first-order valence-electron chi connectivity index (χ1n) is 7.28. The minimum absolute atomic E-state index is 0.00792. The lowest BCUT2D eigenvalue weighted by molar-refractivity contribution is -0.146. The SMILES string of the molecule is C=CC(=O)OCCOCC12CCC(C1)C(OC(=O)C=C)C2. The van der Waals surface area contributed by atoms with Crippen LogP contribution in [0, 0.1) is 11.3 Å². The molecular weight excluding hydrogens is 272 g/mol. The monoisotopic (exact) mass is 294 g/mol. The lowest BCUT2D eigenvalue weighted by Gasteiger charge is -2.29. The number of ether oxygens (including phenoxy) is 3. The molecule has 2 fully saturated rings. The predicted molar refractivity (Wildman–Crippen MR) is 76.4 cm³/mol. The highest BCUT2D eigenvalue weighted by atomic mass is 16.6. The van der Waals surface area contributed by atoms with Crippen molar-refractivity contribution in [3.05, 3.63) is 25.3 Å². The van der Waals surface area contributed by atoms with Crippen LogP contribution in [0.1, 0.15) is 25.7 Å². The lowest BCUT2D eigenvalue weighted by Crippen LogP contribution is -2.29. The number of fused-ring (bicyclic) bond motifs is 2. The van der Waals surface area contributed by atoms with Crippen LogP contribution in [-0.4, -0.2) is 37.9 Å². The van der Waals surface area contributed by atoms with Crippen LogP contribution < -0.4 is 0 Å². The molecule has 3 unspecified atom stereocenters. The van der Waals surface area contributed by atoms with Gasteiger partial charge in [0.1, 0.15) is 12.7 Å². The van der Waals surface area contributed by atoms with Gasteiger partial charge >= 0.3 is 11.9 Å². The average Bonchev–Trinajstić information content (AvgIpc) is 3.04. The number of hydrogen-bond donors (Lipinski definition) is 0. The molecule has 2 bridgehead atoms. The number of esters is 2. The third-order valence-electron chi connectivity index (χ3n) is 4.38. The van der Waals surface area contributed by atoms with Crippen molar-refractivity contribution in [2.45, 2.75) is 31.8 Å². The molecule has 0 amide bonds. The fraction of sp³-hybridized carbons (Fsp3) is 0.625. The summed E-state index contributed by atoms with van der Waals surface area (Å²) in [6, 6.07) is 0. The third kappa shape index (κ3) is 3.94. The van der Waals surface area contributed by atoms with Gasteiger partial charge in [-0.2, -0.15) is 0 Å². The molecule has 21 heavy (non-hydrogen) atoms. The summed E-state index contributed by atoms with van der Waals surface area (Å²) >= 11 is 0. The van der Waals surface area contributed by atoms with Crippen molar-refractivity contribution < 1.29 is 23.8 Å². The zero-order valence-corrected chi connectivity index (χ0v) is 12.2. The Morgan fingerprint density at radius 2 is 1.90 bits per heavy atom. The molecule has 0 radical (unpaired) electrons. The Labute approximate surface area is 124 Å². The first-order valence-corrected chi connectivity index (χ1v) is 7.28. The van der Waals surface area contributed by atoms with Crippen molar-refractivity contribution >= 4 is 11.9 Å². The van der Waals surface area contributed by atoms with Gasteiger partial charge in [0.05, 0.1) is 13.2 Å². The van der Waals surface area contributed by atoms with Gasteiger partial charge in [0.25, 0.3) is 0 Å². The largest absolute Gasteiger partial charge is 0.460 e. The first-order chi connectivity index (χ1) is 10.1. The second kappa shape index (κ2) is 6.89. The van der Waals surface area contributed by atoms with Gasteiger partial charge in [-0.05, 0) is 37.0 Å². The molecule has 0 saturated heterocycles. The predicted octanol–water partition coefficient (Wildman–Crippen LogP) is 2.02. The molecule has 0 aromatic carbocycles. The van der Waals surface area contributed by atoms with Gasteiger partial charge in [-0.1, -0.05) is 13.2 Å². The van der Waals surface area contributed by atoms with Crippen LogP contribution in [0.5, 0.6) is 0 Å². The van der Waals surface area contributed by atoms with Crippen molar-refractivity contribution in [1.82, 2.24) is 0 Å². The maximum Gasteiger partial charge on any atom is 0.330 e. The highest BCUT2D eigenvalue weighted by molar-refractivity contribution is 5.81. The molecule has 0 aliphatic heterocycles. The molecule has 2 saturated carbocycles. The van der Waals surface area contributed by atoms with Crippen LogP contribution in [0.3, 0.4) is 0 Å². The normalized spacial score (nSPS) is 29.9. The number of hydrogen-bond acceptors (Lipinski definition) is 5. The Balaban J connectivity index is 1.71. The van der Waals surface area contributed by atoms with Crippen LogP contribution in [0.2, 0.25) is 0 Å². The van der Waals surface area contributed by atoms with E-state index in [4.69, 9.17) is 14.2 Å². The second-order valence-electron chi connectivity index (χ2n) is 5.81. The smallest absolute Gasteiger partial charge is 0.330 e. The molecule has 5 heteroatoms. The van der Waals surface area contributed by atoms with Gasteiger partial charge in [0.15, 0.2) is 0 Å². The maximum absolute atomic E-state index is 11.3. The minimum atomic E-state index is -0.435. The van der Waals surface area contributed by atoms with E-state index in [-0.39, 0.29) is 24.1 Å². The number of rotatable bonds is 8. The maximum atomic E-state index is 11.3. The van der Waals surface area contributed by atoms with Crippen LogP contribution in [0.25, 0.3) is 0 Å². The molecular formula is C16H22O5. The van der Waals surface area contributed by atoms with E-state index in [9.17, 15) is 9.59 Å². The summed E-state index contributed by atoms with van der Waals surface area (Å²) in [6.45, 7) is 7.99. The Kier molecular flexibility index (Phi) is 5.17. The Morgan fingerprint density at radius 1 is 1.14 bits per heavy atom. The topological polar surface area (TPSA) is 61.8 Å². The van der Waals surface area contributed by atoms with Crippen molar-refractivity contribution in [1.29, 1.82) is 0 Å². The highest BCUT2D eigenvalue weighted by Crippen LogP contribution is 2.55. The molecule has 5 nitrogen and oxygen atoms in total. The summed E-state index contributed by atoms with van der Waals surface area (Å²) in [7, 11) is 0. The molecule has 0 heterocycles. The summed E-state index contributed by atoms with van der Waals surface area (Å²) in [5.41, 5.74) is 0.110. The zero-order chi connectivity index (χ0) is 15.3. The van der Waals surface area contributed by atoms with Gasteiger partial charge in [-0.25, -0.2) is 9.59 Å². The fourth-order valence-corrected chi connectivity index (χ4v) is 3.42. The molecule has 3 atom stereocenters. The summed E-state index contributed by atoms with van der Waals surface area (Å²) in [5, 5.41) is 0. The van der Waals surface area contributed by atoms with E-state index in [2.05, 4.69) is 13.2 Å². The lowest BCUT2D eigenvalue weighted by atomic mass is 9.84. The van der Waals surface area contributed by atoms with E-state index >= 15 is 0 Å². The van der Waals surface area contributed by atoms with Gasteiger partial charge in [-0.15, -0.1) is 0 Å². The van der Waals surface area contributed by atoms with Crippen molar-refractivity contribution in [3.63, 3.8) is 0 Å². The Morgan fingerprint density at radius 3 is 2.62 bits per heavy atom. The fourth-order valence-electron chi connectivity index (χ4n) is 3.42. The van der Waals surface area contributed by atoms with Crippen molar-refractivity contribution in [2.75, 3.05) is 19.8 Å². The van der Waals surface area contributed by atoms with Gasteiger partial charge in [0.2, 0.25) is 0 Å². The van der Waals surface area contributed by atoms with Crippen molar-refractivity contribution in [3.8, 4) is 0 Å². The molecule has 2 aliphatic rings. The summed E-state index contributed by atoms with van der Waals surface area (Å²) in [4.78, 5) is 22.2. The highest BCUT2D eigenvalue weighted by Gasteiger charge is 2.52. The molecule has 0 N–H and O–H groups in total. The molecule has 2 aliphatic carbocycles. The quantitative estimate of drug-likeness (QED) is 0.389. The van der Waals surface area contributed by atoms with E-state index in [1.807, 2.05) is 0 Å². The minimum Gasteiger partial charge on any atom is -0.460 e. The van der Waals surface area contributed by atoms with Gasteiger partial charge < -0.3 is 14.2 Å². The van der Waals surface area contributed by atoms with E-state index < -0.39 is 5.97 Å². The van der Waals surface area contributed by atoms with Crippen LogP contribution in [0.4, 0.5) is 0 Å². The molecule has 116 valence electrons. The molecule has 0 spiro atoms. The summed E-state index contributed by atoms with van der Waals surface area (Å²) in [6.07, 6.45) is 6.40. The molecule has 0 aromatic heterocycles. The Bertz CT molecular complexity index is 430. The van der Waals surface area contributed by atoms with Gasteiger partial charge in [-0.3, -0.25) is 0 Å². The van der Waals surface area contributed by atoms with E-state index in [1.54, 1.807) is 0 Å². The average molecular weight is 294 g/mol. The second-order valence-corrected chi connectivity index (χ2v) is 5.81. The first kappa shape index (κ1) is 15.8. The van der Waals surface area contributed by atoms with Crippen LogP contribution >= 0.6 is 0 Å². The summed E-state index contributed by atoms with van der Waals surface area (Å²) in [5.74, 6) is -0.342. The van der Waals surface area contributed by atoms with E-state index in [0.717, 1.165) is 31.8 Å². The summed E-state index contributed by atoms with van der Waals surface area (Å²) < 4.78 is 15.9.